The van der Waals surface area contributed by atoms with Gasteiger partial charge in [-0.05, 0) is 48.9 Å². The van der Waals surface area contributed by atoms with Crippen LogP contribution >= 0.6 is 27.7 Å². The fourth-order valence-corrected chi connectivity index (χ4v) is 3.36. The molecule has 0 bridgehead atoms. The Morgan fingerprint density at radius 2 is 2.00 bits per heavy atom. The van der Waals surface area contributed by atoms with Crippen molar-refractivity contribution in [2.45, 2.75) is 23.8 Å². The van der Waals surface area contributed by atoms with Crippen LogP contribution in [0.25, 0.3) is 11.5 Å². The number of halogens is 1. The number of nitrogens with zero attached hydrogens (tertiary/aromatic N) is 3. The highest BCUT2D eigenvalue weighted by atomic mass is 79.9. The first kappa shape index (κ1) is 16.7. The molecule has 0 radical (unpaired) electrons. The van der Waals surface area contributed by atoms with E-state index in [4.69, 9.17) is 4.42 Å². The second-order valence-corrected chi connectivity index (χ2v) is 7.38. The van der Waals surface area contributed by atoms with Crippen molar-refractivity contribution in [3.05, 3.63) is 64.1 Å². The molecule has 0 unspecified atom stereocenters. The number of aromatic nitrogens is 2. The number of hydrogen-bond acceptors (Lipinski definition) is 5. The standard InChI is InChI=1S/C18H14BrN3OS/c1-12-5-7-13(8-6-12)9-16(11-20)24-18-22-21-17(23-18)14-3-2-4-15(19)10-14/h2-8,10,16H,9H2,1H3/t16-/m0/s1. The lowest BCUT2D eigenvalue weighted by atomic mass is 10.1. The summed E-state index contributed by atoms with van der Waals surface area (Å²) in [4.78, 5) is 0. The minimum atomic E-state index is -0.275. The van der Waals surface area contributed by atoms with E-state index in [1.807, 2.05) is 55.5 Å². The lowest BCUT2D eigenvalue weighted by Gasteiger charge is -2.06. The summed E-state index contributed by atoms with van der Waals surface area (Å²) in [7, 11) is 0. The van der Waals surface area contributed by atoms with Crippen molar-refractivity contribution in [1.29, 1.82) is 5.26 Å². The van der Waals surface area contributed by atoms with E-state index in [9.17, 15) is 5.26 Å². The fourth-order valence-electron chi connectivity index (χ4n) is 2.17. The summed E-state index contributed by atoms with van der Waals surface area (Å²) in [6.07, 6.45) is 0.635. The van der Waals surface area contributed by atoms with Crippen molar-refractivity contribution >= 4 is 27.7 Å². The maximum Gasteiger partial charge on any atom is 0.278 e. The lowest BCUT2D eigenvalue weighted by Crippen LogP contribution is -2.03. The summed E-state index contributed by atoms with van der Waals surface area (Å²) < 4.78 is 6.63. The van der Waals surface area contributed by atoms with Gasteiger partial charge in [-0.1, -0.05) is 51.8 Å². The highest BCUT2D eigenvalue weighted by Gasteiger charge is 2.16. The van der Waals surface area contributed by atoms with Crippen LogP contribution in [0.15, 0.2) is 62.6 Å². The zero-order valence-corrected chi connectivity index (χ0v) is 15.3. The average Bonchev–Trinajstić information content (AvgIpc) is 3.05. The van der Waals surface area contributed by atoms with Crippen LogP contribution in [0, 0.1) is 18.3 Å². The van der Waals surface area contributed by atoms with Crippen LogP contribution in [0.2, 0.25) is 0 Å². The molecule has 0 aliphatic rings. The topological polar surface area (TPSA) is 62.7 Å². The number of thioether (sulfide) groups is 1. The normalized spacial score (nSPS) is 11.9. The molecule has 120 valence electrons. The van der Waals surface area contributed by atoms with Gasteiger partial charge in [-0.3, -0.25) is 0 Å². The highest BCUT2D eigenvalue weighted by molar-refractivity contribution is 9.10. The van der Waals surface area contributed by atoms with E-state index in [1.54, 1.807) is 0 Å². The van der Waals surface area contributed by atoms with Gasteiger partial charge in [-0.25, -0.2) is 0 Å². The molecule has 0 spiro atoms. The van der Waals surface area contributed by atoms with E-state index >= 15 is 0 Å². The minimum absolute atomic E-state index is 0.275. The Bertz CT molecular complexity index is 870. The maximum atomic E-state index is 9.40. The zero-order valence-electron chi connectivity index (χ0n) is 12.9. The number of aryl methyl sites for hydroxylation is 1. The number of hydrogen-bond donors (Lipinski definition) is 0. The molecule has 1 aromatic heterocycles. The number of benzene rings is 2. The van der Waals surface area contributed by atoms with E-state index in [-0.39, 0.29) is 5.25 Å². The predicted octanol–water partition coefficient (Wildman–Crippen LogP) is 5.03. The van der Waals surface area contributed by atoms with Crippen molar-refractivity contribution in [1.82, 2.24) is 10.2 Å². The third kappa shape index (κ3) is 4.25. The molecule has 1 atom stereocenters. The molecule has 0 saturated carbocycles. The Kier molecular flexibility index (Phi) is 5.34. The van der Waals surface area contributed by atoms with Gasteiger partial charge in [0.05, 0.1) is 6.07 Å². The van der Waals surface area contributed by atoms with Crippen LogP contribution in [0.4, 0.5) is 0 Å². The van der Waals surface area contributed by atoms with E-state index in [0.29, 0.717) is 17.5 Å². The van der Waals surface area contributed by atoms with Gasteiger partial charge in [0, 0.05) is 10.0 Å². The predicted molar refractivity (Wildman–Crippen MR) is 97.6 cm³/mol. The van der Waals surface area contributed by atoms with Crippen LogP contribution in [0.5, 0.6) is 0 Å². The Morgan fingerprint density at radius 1 is 1.21 bits per heavy atom. The van der Waals surface area contributed by atoms with Gasteiger partial charge in [0.2, 0.25) is 5.89 Å². The molecule has 0 fully saturated rings. The summed E-state index contributed by atoms with van der Waals surface area (Å²) >= 11 is 4.72. The summed E-state index contributed by atoms with van der Waals surface area (Å²) in [6, 6.07) is 18.1. The Hall–Kier alpha value is -2.10. The first-order chi connectivity index (χ1) is 11.6. The lowest BCUT2D eigenvalue weighted by molar-refractivity contribution is 0.465. The molecule has 0 amide bonds. The molecular weight excluding hydrogens is 386 g/mol. The molecule has 3 aromatic rings. The molecule has 3 rings (SSSR count). The molecule has 0 aliphatic carbocycles. The minimum Gasteiger partial charge on any atom is -0.411 e. The highest BCUT2D eigenvalue weighted by Crippen LogP contribution is 2.28. The van der Waals surface area contributed by atoms with Crippen LogP contribution in [-0.4, -0.2) is 15.4 Å². The first-order valence-corrected chi connectivity index (χ1v) is 9.02. The SMILES string of the molecule is Cc1ccc(C[C@@H](C#N)Sc2nnc(-c3cccc(Br)c3)o2)cc1. The summed E-state index contributed by atoms with van der Waals surface area (Å²) in [6.45, 7) is 2.04. The molecule has 4 nitrogen and oxygen atoms in total. The maximum absolute atomic E-state index is 9.40. The molecular formula is C18H14BrN3OS. The molecule has 24 heavy (non-hydrogen) atoms. The van der Waals surface area contributed by atoms with Crippen LogP contribution in [0.3, 0.4) is 0 Å². The first-order valence-electron chi connectivity index (χ1n) is 7.35. The largest absolute Gasteiger partial charge is 0.411 e. The van der Waals surface area contributed by atoms with Gasteiger partial charge in [-0.2, -0.15) is 5.26 Å². The van der Waals surface area contributed by atoms with Gasteiger partial charge < -0.3 is 4.42 Å². The van der Waals surface area contributed by atoms with Crippen LogP contribution in [0.1, 0.15) is 11.1 Å². The smallest absolute Gasteiger partial charge is 0.278 e. The van der Waals surface area contributed by atoms with E-state index in [0.717, 1.165) is 15.6 Å². The quantitative estimate of drug-likeness (QED) is 0.562. The molecule has 1 heterocycles. The van der Waals surface area contributed by atoms with Gasteiger partial charge in [0.15, 0.2) is 0 Å². The van der Waals surface area contributed by atoms with Crippen molar-refractivity contribution < 1.29 is 4.42 Å². The third-order valence-electron chi connectivity index (χ3n) is 3.41. The van der Waals surface area contributed by atoms with Gasteiger partial charge in [-0.15, -0.1) is 10.2 Å². The molecule has 6 heteroatoms. The van der Waals surface area contributed by atoms with E-state index in [1.165, 1.54) is 17.3 Å². The van der Waals surface area contributed by atoms with Crippen molar-refractivity contribution in [3.8, 4) is 17.5 Å². The Morgan fingerprint density at radius 3 is 2.71 bits per heavy atom. The third-order valence-corrected chi connectivity index (χ3v) is 4.82. The summed E-state index contributed by atoms with van der Waals surface area (Å²) in [5.74, 6) is 0.450. The van der Waals surface area contributed by atoms with Crippen molar-refractivity contribution in [2.75, 3.05) is 0 Å². The second-order valence-electron chi connectivity index (χ2n) is 5.31. The summed E-state index contributed by atoms with van der Waals surface area (Å²) in [5.41, 5.74) is 3.16. The van der Waals surface area contributed by atoms with Gasteiger partial charge in [0.1, 0.15) is 5.25 Å². The average molecular weight is 400 g/mol. The molecule has 0 N–H and O–H groups in total. The monoisotopic (exact) mass is 399 g/mol. The molecule has 0 aliphatic heterocycles. The number of rotatable bonds is 5. The van der Waals surface area contributed by atoms with Crippen molar-refractivity contribution in [2.24, 2.45) is 0 Å². The van der Waals surface area contributed by atoms with E-state index in [2.05, 4.69) is 32.2 Å². The van der Waals surface area contributed by atoms with E-state index < -0.39 is 0 Å². The Balaban J connectivity index is 1.70. The van der Waals surface area contributed by atoms with Crippen LogP contribution in [-0.2, 0) is 6.42 Å². The molecule has 2 aromatic carbocycles. The second kappa shape index (κ2) is 7.65. The van der Waals surface area contributed by atoms with Crippen LogP contribution < -0.4 is 0 Å². The van der Waals surface area contributed by atoms with Gasteiger partial charge in [0.25, 0.3) is 5.22 Å². The summed E-state index contributed by atoms with van der Waals surface area (Å²) in [5, 5.41) is 17.6. The van der Waals surface area contributed by atoms with Gasteiger partial charge >= 0.3 is 0 Å². The Labute approximate surface area is 153 Å². The molecule has 0 saturated heterocycles. The van der Waals surface area contributed by atoms with Crippen molar-refractivity contribution in [3.63, 3.8) is 0 Å². The zero-order chi connectivity index (χ0) is 16.9. The number of nitriles is 1. The fraction of sp³-hybridized carbons (Fsp3) is 0.167.